The second kappa shape index (κ2) is 3.92. The molecule has 0 aliphatic carbocycles. The van der Waals surface area contributed by atoms with Crippen LogP contribution in [-0.4, -0.2) is 14.9 Å². The number of rotatable bonds is 2. The second-order valence-electron chi connectivity index (χ2n) is 4.18. The molecule has 0 atom stereocenters. The summed E-state index contributed by atoms with van der Waals surface area (Å²) >= 11 is 6.15. The Labute approximate surface area is 99.3 Å². The molecule has 0 amide bonds. The molecule has 0 aliphatic rings. The van der Waals surface area contributed by atoms with Crippen molar-refractivity contribution in [3.05, 3.63) is 47.2 Å². The first kappa shape index (κ1) is 11.2. The van der Waals surface area contributed by atoms with Gasteiger partial charge in [-0.3, -0.25) is 0 Å². The van der Waals surface area contributed by atoms with Gasteiger partial charge in [0.25, 0.3) is 0 Å². The molecule has 0 fully saturated rings. The van der Waals surface area contributed by atoms with Gasteiger partial charge in [0.15, 0.2) is 0 Å². The van der Waals surface area contributed by atoms with E-state index in [1.807, 2.05) is 24.4 Å². The first-order chi connectivity index (χ1) is 7.48. The second-order valence-corrected chi connectivity index (χ2v) is 4.58. The van der Waals surface area contributed by atoms with E-state index in [1.54, 1.807) is 30.8 Å². The Morgan fingerprint density at radius 2 is 2.12 bits per heavy atom. The molecule has 2 rings (SSSR count). The third-order valence-corrected chi connectivity index (χ3v) is 2.71. The minimum Gasteiger partial charge on any atom is -0.386 e. The van der Waals surface area contributed by atoms with Crippen LogP contribution in [0.25, 0.3) is 5.69 Å². The molecule has 0 unspecified atom stereocenters. The van der Waals surface area contributed by atoms with Crippen molar-refractivity contribution < 1.29 is 5.11 Å². The highest BCUT2D eigenvalue weighted by Gasteiger charge is 2.17. The van der Waals surface area contributed by atoms with Crippen LogP contribution in [0, 0.1) is 0 Å². The zero-order valence-corrected chi connectivity index (χ0v) is 9.94. The van der Waals surface area contributed by atoms with Crippen LogP contribution in [0.3, 0.4) is 0 Å². The lowest BCUT2D eigenvalue weighted by Crippen LogP contribution is -2.15. The number of benzene rings is 1. The van der Waals surface area contributed by atoms with Crippen LogP contribution in [-0.2, 0) is 5.60 Å². The summed E-state index contributed by atoms with van der Waals surface area (Å²) in [6.07, 6.45) is 3.52. The predicted octanol–water partition coefficient (Wildman–Crippen LogP) is 2.75. The quantitative estimate of drug-likeness (QED) is 0.871. The monoisotopic (exact) mass is 236 g/mol. The van der Waals surface area contributed by atoms with Gasteiger partial charge < -0.3 is 5.11 Å². The van der Waals surface area contributed by atoms with Crippen LogP contribution in [0.15, 0.2) is 36.7 Å². The van der Waals surface area contributed by atoms with Crippen LogP contribution in [0.5, 0.6) is 0 Å². The molecular formula is C12H13ClN2O. The van der Waals surface area contributed by atoms with Gasteiger partial charge in [-0.05, 0) is 37.6 Å². The van der Waals surface area contributed by atoms with Crippen molar-refractivity contribution in [2.45, 2.75) is 19.4 Å². The van der Waals surface area contributed by atoms with Crippen molar-refractivity contribution in [2.24, 2.45) is 0 Å². The Kier molecular flexibility index (Phi) is 2.74. The largest absolute Gasteiger partial charge is 0.386 e. The Morgan fingerprint density at radius 3 is 2.62 bits per heavy atom. The lowest BCUT2D eigenvalue weighted by molar-refractivity contribution is 0.0786. The fourth-order valence-corrected chi connectivity index (χ4v) is 1.75. The summed E-state index contributed by atoms with van der Waals surface area (Å²) in [5.74, 6) is 0. The molecule has 2 aromatic rings. The van der Waals surface area contributed by atoms with Crippen LogP contribution >= 0.6 is 11.6 Å². The van der Waals surface area contributed by atoms with Crippen LogP contribution in [0.2, 0.25) is 5.02 Å². The van der Waals surface area contributed by atoms with Gasteiger partial charge in [0.2, 0.25) is 0 Å². The lowest BCUT2D eigenvalue weighted by atomic mass is 9.98. The fourth-order valence-electron chi connectivity index (χ4n) is 1.48. The molecule has 3 nitrogen and oxygen atoms in total. The molecule has 0 saturated heterocycles. The first-order valence-corrected chi connectivity index (χ1v) is 5.39. The molecule has 1 aromatic heterocycles. The number of aliphatic hydroxyl groups is 1. The predicted molar refractivity (Wildman–Crippen MR) is 63.8 cm³/mol. The molecule has 1 heterocycles. The Morgan fingerprint density at radius 1 is 1.38 bits per heavy atom. The number of halogens is 1. The summed E-state index contributed by atoms with van der Waals surface area (Å²) in [4.78, 5) is 0. The Bertz CT molecular complexity index is 486. The van der Waals surface area contributed by atoms with Crippen molar-refractivity contribution in [3.8, 4) is 5.69 Å². The maximum Gasteiger partial charge on any atom is 0.0841 e. The van der Waals surface area contributed by atoms with E-state index in [0.29, 0.717) is 5.02 Å². The van der Waals surface area contributed by atoms with Gasteiger partial charge in [0, 0.05) is 12.4 Å². The van der Waals surface area contributed by atoms with Crippen LogP contribution < -0.4 is 0 Å². The molecule has 84 valence electrons. The van der Waals surface area contributed by atoms with E-state index in [0.717, 1.165) is 11.3 Å². The van der Waals surface area contributed by atoms with Crippen molar-refractivity contribution in [1.29, 1.82) is 0 Å². The average molecular weight is 237 g/mol. The van der Waals surface area contributed by atoms with E-state index < -0.39 is 5.60 Å². The van der Waals surface area contributed by atoms with Gasteiger partial charge in [0.1, 0.15) is 0 Å². The molecule has 1 N–H and O–H groups in total. The first-order valence-electron chi connectivity index (χ1n) is 5.01. The van der Waals surface area contributed by atoms with E-state index in [-0.39, 0.29) is 0 Å². The zero-order chi connectivity index (χ0) is 11.8. The van der Waals surface area contributed by atoms with E-state index in [4.69, 9.17) is 11.6 Å². The van der Waals surface area contributed by atoms with Crippen molar-refractivity contribution >= 4 is 11.6 Å². The summed E-state index contributed by atoms with van der Waals surface area (Å²) in [6.45, 7) is 3.46. The molecule has 1 aromatic carbocycles. The normalized spacial score (nSPS) is 11.8. The van der Waals surface area contributed by atoms with Crippen molar-refractivity contribution in [1.82, 2.24) is 9.78 Å². The van der Waals surface area contributed by atoms with E-state index in [2.05, 4.69) is 5.10 Å². The van der Waals surface area contributed by atoms with E-state index in [1.165, 1.54) is 0 Å². The number of aromatic nitrogens is 2. The van der Waals surface area contributed by atoms with E-state index in [9.17, 15) is 5.11 Å². The number of nitrogens with zero attached hydrogens (tertiary/aromatic N) is 2. The Balaban J connectivity index is 2.46. The summed E-state index contributed by atoms with van der Waals surface area (Å²) in [6, 6.07) is 7.30. The molecule has 0 radical (unpaired) electrons. The Hall–Kier alpha value is -1.32. The van der Waals surface area contributed by atoms with Gasteiger partial charge >= 0.3 is 0 Å². The molecular weight excluding hydrogens is 224 g/mol. The SMILES string of the molecule is CC(C)(O)c1ccc(-n2cccn2)c(Cl)c1. The smallest absolute Gasteiger partial charge is 0.0841 e. The standard InChI is InChI=1S/C12H13ClN2O/c1-12(2,16)9-4-5-11(10(13)8-9)15-7-3-6-14-15/h3-8,16H,1-2H3. The third kappa shape index (κ3) is 2.10. The highest BCUT2D eigenvalue weighted by atomic mass is 35.5. The minimum absolute atomic E-state index is 0.573. The van der Waals surface area contributed by atoms with Gasteiger partial charge in [-0.15, -0.1) is 0 Å². The number of hydrogen-bond acceptors (Lipinski definition) is 2. The molecule has 16 heavy (non-hydrogen) atoms. The van der Waals surface area contributed by atoms with Crippen LogP contribution in [0.4, 0.5) is 0 Å². The summed E-state index contributed by atoms with van der Waals surface area (Å²) in [5.41, 5.74) is 0.708. The van der Waals surface area contributed by atoms with Crippen molar-refractivity contribution in [2.75, 3.05) is 0 Å². The summed E-state index contributed by atoms with van der Waals surface area (Å²) in [5, 5.41) is 14.5. The fraction of sp³-hybridized carbons (Fsp3) is 0.250. The highest BCUT2D eigenvalue weighted by Crippen LogP contribution is 2.27. The minimum atomic E-state index is -0.883. The third-order valence-electron chi connectivity index (χ3n) is 2.41. The maximum atomic E-state index is 9.85. The molecule has 4 heteroatoms. The number of hydrogen-bond donors (Lipinski definition) is 1. The summed E-state index contributed by atoms with van der Waals surface area (Å²) in [7, 11) is 0. The van der Waals surface area contributed by atoms with Gasteiger partial charge in [-0.1, -0.05) is 17.7 Å². The van der Waals surface area contributed by atoms with Gasteiger partial charge in [0.05, 0.1) is 16.3 Å². The average Bonchev–Trinajstić information content (AvgIpc) is 2.69. The topological polar surface area (TPSA) is 38.0 Å². The molecule has 0 saturated carbocycles. The molecule has 0 aliphatic heterocycles. The zero-order valence-electron chi connectivity index (χ0n) is 9.18. The lowest BCUT2D eigenvalue weighted by Gasteiger charge is -2.18. The molecule has 0 spiro atoms. The van der Waals surface area contributed by atoms with Crippen molar-refractivity contribution in [3.63, 3.8) is 0 Å². The summed E-state index contributed by atoms with van der Waals surface area (Å²) < 4.78 is 1.69. The van der Waals surface area contributed by atoms with Gasteiger partial charge in [-0.25, -0.2) is 4.68 Å². The van der Waals surface area contributed by atoms with E-state index >= 15 is 0 Å². The van der Waals surface area contributed by atoms with Gasteiger partial charge in [-0.2, -0.15) is 5.10 Å². The molecule has 0 bridgehead atoms. The maximum absolute atomic E-state index is 9.85. The van der Waals surface area contributed by atoms with Crippen LogP contribution in [0.1, 0.15) is 19.4 Å². The highest BCUT2D eigenvalue weighted by molar-refractivity contribution is 6.32.